The normalized spacial score (nSPS) is 10.7. The fourth-order valence-corrected chi connectivity index (χ4v) is 2.65. The van der Waals surface area contributed by atoms with E-state index in [0.29, 0.717) is 33.7 Å². The highest BCUT2D eigenvalue weighted by atomic mass is 35.5. The van der Waals surface area contributed by atoms with E-state index in [9.17, 15) is 9.59 Å². The van der Waals surface area contributed by atoms with Gasteiger partial charge in [-0.25, -0.2) is 5.43 Å². The summed E-state index contributed by atoms with van der Waals surface area (Å²) in [6.45, 7) is 4.40. The molecule has 0 bridgehead atoms. The third kappa shape index (κ3) is 6.27. The number of rotatable bonds is 6. The molecule has 0 spiro atoms. The first kappa shape index (κ1) is 20.7. The molecular formula is C19H19Cl2N3O3. The highest BCUT2D eigenvalue weighted by Gasteiger charge is 2.13. The van der Waals surface area contributed by atoms with E-state index in [0.717, 1.165) is 12.0 Å². The smallest absolute Gasteiger partial charge is 0.329 e. The van der Waals surface area contributed by atoms with E-state index in [4.69, 9.17) is 27.9 Å². The maximum atomic E-state index is 11.8. The number of halogens is 2. The van der Waals surface area contributed by atoms with Gasteiger partial charge in [0.25, 0.3) is 0 Å². The van der Waals surface area contributed by atoms with E-state index in [-0.39, 0.29) is 0 Å². The lowest BCUT2D eigenvalue weighted by molar-refractivity contribution is -0.136. The number of anilines is 1. The molecule has 2 aromatic carbocycles. The minimum Gasteiger partial charge on any atom is -0.490 e. The Balaban J connectivity index is 1.94. The highest BCUT2D eigenvalue weighted by molar-refractivity contribution is 6.39. The molecule has 142 valence electrons. The highest BCUT2D eigenvalue weighted by Crippen LogP contribution is 2.33. The van der Waals surface area contributed by atoms with Crippen molar-refractivity contribution in [2.24, 2.45) is 5.10 Å². The number of hydrogen-bond acceptors (Lipinski definition) is 4. The van der Waals surface area contributed by atoms with Crippen molar-refractivity contribution in [3.8, 4) is 5.75 Å². The monoisotopic (exact) mass is 407 g/mol. The Labute approximate surface area is 167 Å². The molecule has 0 aliphatic carbocycles. The molecule has 0 saturated carbocycles. The van der Waals surface area contributed by atoms with Gasteiger partial charge in [0, 0.05) is 5.69 Å². The SMILES string of the molecule is CCCOc1c(Cl)cc(/C=N\NC(=O)C(=O)Nc2ccc(C)cc2)cc1Cl. The molecule has 0 heterocycles. The number of nitrogens with one attached hydrogen (secondary N) is 2. The van der Waals surface area contributed by atoms with Crippen molar-refractivity contribution in [2.45, 2.75) is 20.3 Å². The molecule has 0 unspecified atom stereocenters. The summed E-state index contributed by atoms with van der Waals surface area (Å²) in [5.74, 6) is -1.32. The first-order valence-corrected chi connectivity index (χ1v) is 8.99. The minimum atomic E-state index is -0.896. The van der Waals surface area contributed by atoms with Gasteiger partial charge in [-0.15, -0.1) is 0 Å². The van der Waals surface area contributed by atoms with Crippen LogP contribution >= 0.6 is 23.2 Å². The second-order valence-corrected chi connectivity index (χ2v) is 6.50. The summed E-state index contributed by atoms with van der Waals surface area (Å²) in [5.41, 5.74) is 4.27. The molecule has 0 aliphatic heterocycles. The summed E-state index contributed by atoms with van der Waals surface area (Å²) in [6.07, 6.45) is 2.16. The van der Waals surface area contributed by atoms with Crippen LogP contribution in [0, 0.1) is 6.92 Å². The van der Waals surface area contributed by atoms with Gasteiger partial charge in [-0.1, -0.05) is 47.8 Å². The van der Waals surface area contributed by atoms with Crippen molar-refractivity contribution in [1.29, 1.82) is 0 Å². The summed E-state index contributed by atoms with van der Waals surface area (Å²) in [4.78, 5) is 23.6. The average molecular weight is 408 g/mol. The zero-order chi connectivity index (χ0) is 19.8. The molecule has 0 radical (unpaired) electrons. The topological polar surface area (TPSA) is 79.8 Å². The fraction of sp³-hybridized carbons (Fsp3) is 0.211. The molecule has 0 saturated heterocycles. The molecule has 0 atom stereocenters. The van der Waals surface area contributed by atoms with Crippen molar-refractivity contribution < 1.29 is 14.3 Å². The predicted octanol–water partition coefficient (Wildman–Crippen LogP) is 4.18. The summed E-state index contributed by atoms with van der Waals surface area (Å²) < 4.78 is 5.48. The van der Waals surface area contributed by atoms with Gasteiger partial charge in [0.2, 0.25) is 0 Å². The number of hydrazone groups is 1. The van der Waals surface area contributed by atoms with E-state index in [2.05, 4.69) is 15.8 Å². The van der Waals surface area contributed by atoms with Crippen LogP contribution in [0.2, 0.25) is 10.0 Å². The number of hydrogen-bond donors (Lipinski definition) is 2. The van der Waals surface area contributed by atoms with Crippen LogP contribution in [0.5, 0.6) is 5.75 Å². The molecule has 2 N–H and O–H groups in total. The fourth-order valence-electron chi connectivity index (χ4n) is 2.04. The lowest BCUT2D eigenvalue weighted by Gasteiger charge is -2.09. The van der Waals surface area contributed by atoms with Crippen LogP contribution in [0.15, 0.2) is 41.5 Å². The van der Waals surface area contributed by atoms with Gasteiger partial charge >= 0.3 is 11.8 Å². The number of benzene rings is 2. The average Bonchev–Trinajstić information content (AvgIpc) is 2.63. The van der Waals surface area contributed by atoms with Crippen LogP contribution < -0.4 is 15.5 Å². The third-order valence-electron chi connectivity index (χ3n) is 3.37. The summed E-state index contributed by atoms with van der Waals surface area (Å²) in [6, 6.07) is 10.3. The number of amides is 2. The van der Waals surface area contributed by atoms with Gasteiger partial charge in [0.1, 0.15) is 0 Å². The molecule has 6 nitrogen and oxygen atoms in total. The molecule has 8 heteroatoms. The first-order chi connectivity index (χ1) is 12.9. The Hall–Kier alpha value is -2.57. The Morgan fingerprint density at radius 1 is 1.11 bits per heavy atom. The van der Waals surface area contributed by atoms with Crippen LogP contribution in [0.1, 0.15) is 24.5 Å². The number of aryl methyl sites for hydroxylation is 1. The number of ether oxygens (including phenoxy) is 1. The van der Waals surface area contributed by atoms with Gasteiger partial charge in [0.05, 0.1) is 22.9 Å². The quantitative estimate of drug-likeness (QED) is 0.428. The number of nitrogens with zero attached hydrogens (tertiary/aromatic N) is 1. The Morgan fingerprint density at radius 2 is 1.74 bits per heavy atom. The summed E-state index contributed by atoms with van der Waals surface area (Å²) in [7, 11) is 0. The van der Waals surface area contributed by atoms with Gasteiger partial charge in [-0.3, -0.25) is 9.59 Å². The van der Waals surface area contributed by atoms with Crippen molar-refractivity contribution in [3.63, 3.8) is 0 Å². The number of carbonyl (C=O) groups is 2. The lowest BCUT2D eigenvalue weighted by atomic mass is 10.2. The second-order valence-electron chi connectivity index (χ2n) is 5.68. The number of carbonyl (C=O) groups excluding carboxylic acids is 2. The molecule has 2 amide bonds. The molecule has 0 aliphatic rings. The van der Waals surface area contributed by atoms with Crippen LogP contribution in [0.25, 0.3) is 0 Å². The summed E-state index contributed by atoms with van der Waals surface area (Å²) >= 11 is 12.3. The molecule has 2 rings (SSSR count). The molecule has 27 heavy (non-hydrogen) atoms. The van der Waals surface area contributed by atoms with Crippen LogP contribution in [0.4, 0.5) is 5.69 Å². The largest absolute Gasteiger partial charge is 0.490 e. The van der Waals surface area contributed by atoms with Crippen LogP contribution in [-0.2, 0) is 9.59 Å². The van der Waals surface area contributed by atoms with Crippen LogP contribution in [-0.4, -0.2) is 24.6 Å². The summed E-state index contributed by atoms with van der Waals surface area (Å²) in [5, 5.41) is 6.90. The Bertz CT molecular complexity index is 829. The van der Waals surface area contributed by atoms with E-state index in [1.807, 2.05) is 26.0 Å². The zero-order valence-corrected chi connectivity index (χ0v) is 16.4. The maximum absolute atomic E-state index is 11.8. The first-order valence-electron chi connectivity index (χ1n) is 8.23. The van der Waals surface area contributed by atoms with Crippen molar-refractivity contribution in [1.82, 2.24) is 5.43 Å². The van der Waals surface area contributed by atoms with Gasteiger partial charge in [-0.2, -0.15) is 5.10 Å². The zero-order valence-electron chi connectivity index (χ0n) is 14.9. The molecule has 0 fully saturated rings. The van der Waals surface area contributed by atoms with E-state index in [1.165, 1.54) is 6.21 Å². The molecule has 2 aromatic rings. The second kappa shape index (κ2) is 9.94. The van der Waals surface area contributed by atoms with E-state index < -0.39 is 11.8 Å². The van der Waals surface area contributed by atoms with Gasteiger partial charge in [-0.05, 0) is 43.2 Å². The predicted molar refractivity (Wildman–Crippen MR) is 108 cm³/mol. The van der Waals surface area contributed by atoms with Gasteiger partial charge in [0.15, 0.2) is 5.75 Å². The molecular weight excluding hydrogens is 389 g/mol. The lowest BCUT2D eigenvalue weighted by Crippen LogP contribution is -2.32. The minimum absolute atomic E-state index is 0.334. The van der Waals surface area contributed by atoms with Crippen molar-refractivity contribution >= 4 is 46.9 Å². The maximum Gasteiger partial charge on any atom is 0.329 e. The van der Waals surface area contributed by atoms with Crippen molar-refractivity contribution in [3.05, 3.63) is 57.6 Å². The van der Waals surface area contributed by atoms with Gasteiger partial charge < -0.3 is 10.1 Å². The third-order valence-corrected chi connectivity index (χ3v) is 3.93. The Kier molecular flexibility index (Phi) is 7.64. The van der Waals surface area contributed by atoms with Crippen molar-refractivity contribution in [2.75, 3.05) is 11.9 Å². The molecule has 0 aromatic heterocycles. The van der Waals surface area contributed by atoms with E-state index in [1.54, 1.807) is 24.3 Å². The van der Waals surface area contributed by atoms with Crippen LogP contribution in [0.3, 0.4) is 0 Å². The standard InChI is InChI=1S/C19H19Cl2N3O3/c1-3-8-27-17-15(20)9-13(10-16(17)21)11-22-24-19(26)18(25)23-14-6-4-12(2)5-7-14/h4-7,9-11H,3,8H2,1-2H3,(H,23,25)(H,24,26)/b22-11-. The Morgan fingerprint density at radius 3 is 2.33 bits per heavy atom. The van der Waals surface area contributed by atoms with E-state index >= 15 is 0 Å².